The van der Waals surface area contributed by atoms with Gasteiger partial charge in [0.25, 0.3) is 5.91 Å². The second-order valence-electron chi connectivity index (χ2n) is 5.74. The van der Waals surface area contributed by atoms with Crippen LogP contribution in [0.25, 0.3) is 0 Å². The molecule has 0 aliphatic carbocycles. The van der Waals surface area contributed by atoms with Gasteiger partial charge < -0.3 is 19.7 Å². The molecular weight excluding hydrogens is 268 g/mol. The van der Waals surface area contributed by atoms with Crippen LogP contribution in [0.1, 0.15) is 12.5 Å². The maximum atomic E-state index is 12.5. The Morgan fingerprint density at radius 2 is 2.19 bits per heavy atom. The van der Waals surface area contributed by atoms with E-state index in [4.69, 9.17) is 9.47 Å². The lowest BCUT2D eigenvalue weighted by Gasteiger charge is -2.35. The van der Waals surface area contributed by atoms with Gasteiger partial charge in [0.1, 0.15) is 6.10 Å². The minimum absolute atomic E-state index is 0.0926. The first-order chi connectivity index (χ1) is 10.0. The summed E-state index contributed by atoms with van der Waals surface area (Å²) in [6.07, 6.45) is -0.427. The Hall–Kier alpha value is -1.43. The number of benzene rings is 1. The van der Waals surface area contributed by atoms with Gasteiger partial charge in [-0.1, -0.05) is 30.3 Å². The lowest BCUT2D eigenvalue weighted by Crippen LogP contribution is -2.55. The molecule has 5 nitrogen and oxygen atoms in total. The molecule has 0 radical (unpaired) electrons. The van der Waals surface area contributed by atoms with E-state index in [0.717, 1.165) is 12.1 Å². The molecule has 0 aromatic heterocycles. The Labute approximate surface area is 126 Å². The van der Waals surface area contributed by atoms with Crippen molar-refractivity contribution < 1.29 is 14.3 Å². The van der Waals surface area contributed by atoms with Crippen molar-refractivity contribution in [3.05, 3.63) is 35.9 Å². The monoisotopic (exact) mass is 292 g/mol. The number of hydrogen-bond donors (Lipinski definition) is 1. The molecule has 2 rings (SSSR count). The van der Waals surface area contributed by atoms with E-state index >= 15 is 0 Å². The number of nitrogens with one attached hydrogen (secondary N) is 1. The topological polar surface area (TPSA) is 50.8 Å². The molecule has 5 heteroatoms. The van der Waals surface area contributed by atoms with Gasteiger partial charge in [-0.05, 0) is 19.5 Å². The van der Waals surface area contributed by atoms with Crippen molar-refractivity contribution in [2.45, 2.75) is 18.6 Å². The second kappa shape index (κ2) is 7.02. The Morgan fingerprint density at radius 1 is 1.48 bits per heavy atom. The number of carbonyl (C=O) groups is 1. The predicted octanol–water partition coefficient (Wildman–Crippen LogP) is 0.995. The van der Waals surface area contributed by atoms with Crippen LogP contribution in [0.3, 0.4) is 0 Å². The maximum absolute atomic E-state index is 12.5. The number of morpholine rings is 1. The zero-order valence-electron chi connectivity index (χ0n) is 13.0. The van der Waals surface area contributed by atoms with Crippen LogP contribution < -0.4 is 5.32 Å². The van der Waals surface area contributed by atoms with Crippen molar-refractivity contribution in [2.24, 2.45) is 0 Å². The number of likely N-dealkylation sites (N-methyl/N-ethyl adjacent to an activating group) is 1. The Balaban J connectivity index is 2.10. The molecule has 0 saturated carbocycles. The van der Waals surface area contributed by atoms with Crippen molar-refractivity contribution >= 4 is 5.91 Å². The van der Waals surface area contributed by atoms with E-state index in [1.54, 1.807) is 7.11 Å². The molecule has 0 spiro atoms. The van der Waals surface area contributed by atoms with E-state index in [1.165, 1.54) is 0 Å². The third kappa shape index (κ3) is 4.03. The number of ether oxygens (including phenoxy) is 2. The first-order valence-corrected chi connectivity index (χ1v) is 7.22. The van der Waals surface area contributed by atoms with Gasteiger partial charge in [-0.25, -0.2) is 0 Å². The van der Waals surface area contributed by atoms with Gasteiger partial charge in [-0.15, -0.1) is 0 Å². The summed E-state index contributed by atoms with van der Waals surface area (Å²) >= 11 is 0. The highest BCUT2D eigenvalue weighted by Gasteiger charge is 2.33. The van der Waals surface area contributed by atoms with E-state index in [0.29, 0.717) is 19.8 Å². The predicted molar refractivity (Wildman–Crippen MR) is 81.0 cm³/mol. The molecule has 1 heterocycles. The van der Waals surface area contributed by atoms with E-state index in [-0.39, 0.29) is 5.91 Å². The summed E-state index contributed by atoms with van der Waals surface area (Å²) in [6.45, 7) is 4.43. The Morgan fingerprint density at radius 3 is 2.81 bits per heavy atom. The summed E-state index contributed by atoms with van der Waals surface area (Å²) in [5.74, 6) is -0.0926. The number of methoxy groups -OCH3 is 1. The van der Waals surface area contributed by atoms with Crippen molar-refractivity contribution in [2.75, 3.05) is 40.5 Å². The van der Waals surface area contributed by atoms with Crippen LogP contribution in [0.15, 0.2) is 30.3 Å². The number of carbonyl (C=O) groups excluding carboxylic acids is 1. The van der Waals surface area contributed by atoms with Gasteiger partial charge >= 0.3 is 0 Å². The number of hydrogen-bond acceptors (Lipinski definition) is 4. The quantitative estimate of drug-likeness (QED) is 0.879. The second-order valence-corrected chi connectivity index (χ2v) is 5.74. The molecule has 2 atom stereocenters. The van der Waals surface area contributed by atoms with Crippen molar-refractivity contribution in [3.8, 4) is 0 Å². The molecule has 1 aliphatic heterocycles. The summed E-state index contributed by atoms with van der Waals surface area (Å²) in [4.78, 5) is 14.6. The largest absolute Gasteiger partial charge is 0.382 e. The van der Waals surface area contributed by atoms with Gasteiger partial charge in [0, 0.05) is 20.2 Å². The number of rotatable bonds is 5. The molecule has 1 N–H and O–H groups in total. The van der Waals surface area contributed by atoms with E-state index in [1.807, 2.05) is 44.3 Å². The highest BCUT2D eigenvalue weighted by Crippen LogP contribution is 2.21. The van der Waals surface area contributed by atoms with Gasteiger partial charge in [0.15, 0.2) is 0 Å². The molecule has 1 aromatic rings. The van der Waals surface area contributed by atoms with Crippen LogP contribution in [-0.4, -0.2) is 57.4 Å². The van der Waals surface area contributed by atoms with E-state index < -0.39 is 11.6 Å². The van der Waals surface area contributed by atoms with Crippen LogP contribution in [0.4, 0.5) is 0 Å². The lowest BCUT2D eigenvalue weighted by molar-refractivity contribution is -0.140. The summed E-state index contributed by atoms with van der Waals surface area (Å²) < 4.78 is 10.9. The fraction of sp³-hybridized carbons (Fsp3) is 0.562. The normalized spacial score (nSPS) is 22.5. The fourth-order valence-corrected chi connectivity index (χ4v) is 2.58. The van der Waals surface area contributed by atoms with Crippen LogP contribution in [0.2, 0.25) is 0 Å². The molecule has 0 bridgehead atoms. The highest BCUT2D eigenvalue weighted by atomic mass is 16.5. The lowest BCUT2D eigenvalue weighted by atomic mass is 9.92. The average molecular weight is 292 g/mol. The van der Waals surface area contributed by atoms with Gasteiger partial charge in [-0.3, -0.25) is 4.79 Å². The van der Waals surface area contributed by atoms with Crippen LogP contribution >= 0.6 is 0 Å². The molecule has 116 valence electrons. The summed E-state index contributed by atoms with van der Waals surface area (Å²) in [6, 6.07) is 9.86. The first-order valence-electron chi connectivity index (χ1n) is 7.22. The number of nitrogens with zero attached hydrogens (tertiary/aromatic N) is 1. The molecular formula is C16H24N2O3. The van der Waals surface area contributed by atoms with Crippen molar-refractivity contribution in [1.82, 2.24) is 10.2 Å². The maximum Gasteiger partial charge on any atom is 0.251 e. The molecule has 0 unspecified atom stereocenters. The third-order valence-electron chi connectivity index (χ3n) is 3.80. The van der Waals surface area contributed by atoms with Crippen molar-refractivity contribution in [3.63, 3.8) is 0 Å². The van der Waals surface area contributed by atoms with Crippen LogP contribution in [0, 0.1) is 0 Å². The Bertz CT molecular complexity index is 466. The van der Waals surface area contributed by atoms with Gasteiger partial charge in [0.05, 0.1) is 18.8 Å². The zero-order valence-corrected chi connectivity index (χ0v) is 13.0. The minimum Gasteiger partial charge on any atom is -0.382 e. The van der Waals surface area contributed by atoms with Crippen LogP contribution in [0.5, 0.6) is 0 Å². The SMILES string of the molecule is COC[C@@](C)(NC(=O)[C@H]1CN(C)CCO1)c1ccccc1. The van der Waals surface area contributed by atoms with E-state index in [9.17, 15) is 4.79 Å². The third-order valence-corrected chi connectivity index (χ3v) is 3.80. The fourth-order valence-electron chi connectivity index (χ4n) is 2.58. The smallest absolute Gasteiger partial charge is 0.251 e. The van der Waals surface area contributed by atoms with Gasteiger partial charge in [0.2, 0.25) is 0 Å². The standard InChI is InChI=1S/C16H24N2O3/c1-16(12-20-3,13-7-5-4-6-8-13)17-15(19)14-11-18(2)9-10-21-14/h4-8,14H,9-12H2,1-3H3,(H,17,19)/t14-,16-/m1/s1. The molecule has 21 heavy (non-hydrogen) atoms. The molecule has 1 saturated heterocycles. The number of amides is 1. The Kier molecular flexibility index (Phi) is 5.33. The highest BCUT2D eigenvalue weighted by molar-refractivity contribution is 5.82. The summed E-state index contributed by atoms with van der Waals surface area (Å²) in [5, 5.41) is 3.09. The molecule has 1 amide bonds. The van der Waals surface area contributed by atoms with Crippen LogP contribution in [-0.2, 0) is 19.8 Å². The summed E-state index contributed by atoms with van der Waals surface area (Å²) in [7, 11) is 3.63. The molecule has 1 aliphatic rings. The minimum atomic E-state index is -0.563. The zero-order chi connectivity index (χ0) is 15.3. The summed E-state index contributed by atoms with van der Waals surface area (Å²) in [5.41, 5.74) is 0.455. The molecule has 1 fully saturated rings. The van der Waals surface area contributed by atoms with Gasteiger partial charge in [-0.2, -0.15) is 0 Å². The molecule has 1 aromatic carbocycles. The average Bonchev–Trinajstić information content (AvgIpc) is 2.48. The van der Waals surface area contributed by atoms with E-state index in [2.05, 4.69) is 10.2 Å². The van der Waals surface area contributed by atoms with Crippen molar-refractivity contribution in [1.29, 1.82) is 0 Å². The first kappa shape index (κ1) is 15.9.